The van der Waals surface area contributed by atoms with Crippen LogP contribution in [0.15, 0.2) is 70.6 Å². The second-order valence-corrected chi connectivity index (χ2v) is 8.80. The average molecular weight is 392 g/mol. The van der Waals surface area contributed by atoms with Crippen LogP contribution in [0.2, 0.25) is 0 Å². The molecule has 1 aromatic heterocycles. The van der Waals surface area contributed by atoms with Gasteiger partial charge in [-0.2, -0.15) is 5.10 Å². The van der Waals surface area contributed by atoms with Gasteiger partial charge in [0.1, 0.15) is 5.52 Å². The number of piperazine rings is 1. The van der Waals surface area contributed by atoms with E-state index in [-0.39, 0.29) is 5.03 Å². The van der Waals surface area contributed by atoms with Gasteiger partial charge in [0.2, 0.25) is 9.84 Å². The summed E-state index contributed by atoms with van der Waals surface area (Å²) in [5.41, 5.74) is 1.66. The minimum Gasteiger partial charge on any atom is -0.367 e. The predicted octanol–water partition coefficient (Wildman–Crippen LogP) is 2.96. The lowest BCUT2D eigenvalue weighted by Crippen LogP contribution is -2.43. The van der Waals surface area contributed by atoms with Gasteiger partial charge in [-0.1, -0.05) is 42.5 Å². The Bertz CT molecular complexity index is 1270. The molecule has 0 atom stereocenters. The van der Waals surface area contributed by atoms with Crippen molar-refractivity contribution in [1.29, 1.82) is 0 Å². The number of hydrogen-bond acceptors (Lipinski definition) is 5. The van der Waals surface area contributed by atoms with Crippen LogP contribution >= 0.6 is 0 Å². The monoisotopic (exact) mass is 392 g/mol. The molecule has 0 spiro atoms. The fraction of sp³-hybridized carbons (Fsp3) is 0.190. The van der Waals surface area contributed by atoms with Gasteiger partial charge in [0.05, 0.1) is 10.6 Å². The van der Waals surface area contributed by atoms with Crippen LogP contribution in [0.25, 0.3) is 21.7 Å². The normalized spacial score (nSPS) is 15.4. The van der Waals surface area contributed by atoms with Gasteiger partial charge >= 0.3 is 0 Å². The van der Waals surface area contributed by atoms with E-state index < -0.39 is 9.84 Å². The first-order valence-corrected chi connectivity index (χ1v) is 10.8. The second kappa shape index (κ2) is 6.61. The van der Waals surface area contributed by atoms with E-state index in [0.29, 0.717) is 21.2 Å². The van der Waals surface area contributed by atoms with Crippen molar-refractivity contribution in [3.63, 3.8) is 0 Å². The molecule has 0 bridgehead atoms. The van der Waals surface area contributed by atoms with Crippen molar-refractivity contribution >= 4 is 37.2 Å². The molecule has 2 heterocycles. The average Bonchev–Trinajstić information content (AvgIpc) is 3.19. The van der Waals surface area contributed by atoms with Crippen LogP contribution < -0.4 is 10.2 Å². The van der Waals surface area contributed by atoms with Gasteiger partial charge < -0.3 is 10.2 Å². The summed E-state index contributed by atoms with van der Waals surface area (Å²) in [6.07, 6.45) is 0. The highest BCUT2D eigenvalue weighted by atomic mass is 32.2. The SMILES string of the molecule is O=S(=O)(c1cccc2ccccc12)c1[nH]nc2c(N3CCNCC3)cccc12. The molecule has 142 valence electrons. The van der Waals surface area contributed by atoms with Gasteiger partial charge in [-0.15, -0.1) is 0 Å². The van der Waals surface area contributed by atoms with Crippen molar-refractivity contribution in [2.24, 2.45) is 0 Å². The molecule has 1 fully saturated rings. The number of sulfone groups is 1. The summed E-state index contributed by atoms with van der Waals surface area (Å²) in [7, 11) is -3.75. The molecular weight excluding hydrogens is 372 g/mol. The fourth-order valence-corrected chi connectivity index (χ4v) is 5.48. The molecule has 0 radical (unpaired) electrons. The zero-order valence-electron chi connectivity index (χ0n) is 15.2. The van der Waals surface area contributed by atoms with E-state index in [4.69, 9.17) is 0 Å². The Balaban J connectivity index is 1.68. The maximum atomic E-state index is 13.5. The van der Waals surface area contributed by atoms with Gasteiger partial charge in [-0.05, 0) is 23.6 Å². The molecule has 0 saturated carbocycles. The number of H-pyrrole nitrogens is 1. The number of fused-ring (bicyclic) bond motifs is 2. The highest BCUT2D eigenvalue weighted by Gasteiger charge is 2.26. The molecule has 1 saturated heterocycles. The highest BCUT2D eigenvalue weighted by Crippen LogP contribution is 2.34. The summed E-state index contributed by atoms with van der Waals surface area (Å²) in [4.78, 5) is 2.54. The Morgan fingerprint density at radius 2 is 1.57 bits per heavy atom. The zero-order valence-corrected chi connectivity index (χ0v) is 16.0. The first-order chi connectivity index (χ1) is 13.7. The lowest BCUT2D eigenvalue weighted by Gasteiger charge is -2.29. The summed E-state index contributed by atoms with van der Waals surface area (Å²) in [6, 6.07) is 18.6. The molecule has 7 heteroatoms. The van der Waals surface area contributed by atoms with Gasteiger partial charge in [0, 0.05) is 37.0 Å². The number of para-hydroxylation sites is 1. The standard InChI is InChI=1S/C21H20N4O2S/c26-28(27,19-10-3-6-15-5-1-2-7-16(15)19)21-17-8-4-9-18(20(17)23-24-21)25-13-11-22-12-14-25/h1-10,22H,11-14H2,(H,23,24). The van der Waals surface area contributed by atoms with E-state index in [9.17, 15) is 8.42 Å². The van der Waals surface area contributed by atoms with E-state index in [1.807, 2.05) is 48.5 Å². The zero-order chi connectivity index (χ0) is 19.1. The minimum atomic E-state index is -3.75. The number of aromatic amines is 1. The number of nitrogens with one attached hydrogen (secondary N) is 2. The third kappa shape index (κ3) is 2.66. The molecule has 5 rings (SSSR count). The van der Waals surface area contributed by atoms with Gasteiger partial charge in [-0.25, -0.2) is 8.42 Å². The van der Waals surface area contributed by atoms with Crippen molar-refractivity contribution in [3.05, 3.63) is 60.7 Å². The molecule has 1 aliphatic heterocycles. The van der Waals surface area contributed by atoms with Gasteiger partial charge in [-0.3, -0.25) is 5.10 Å². The second-order valence-electron chi connectivity index (χ2n) is 6.94. The van der Waals surface area contributed by atoms with Crippen LogP contribution in [-0.4, -0.2) is 44.8 Å². The Hall–Kier alpha value is -2.90. The molecule has 6 nitrogen and oxygen atoms in total. The van der Waals surface area contributed by atoms with E-state index in [1.54, 1.807) is 12.1 Å². The lowest BCUT2D eigenvalue weighted by atomic mass is 10.1. The largest absolute Gasteiger partial charge is 0.367 e. The maximum absolute atomic E-state index is 13.5. The first-order valence-electron chi connectivity index (χ1n) is 9.32. The predicted molar refractivity (Wildman–Crippen MR) is 111 cm³/mol. The molecule has 28 heavy (non-hydrogen) atoms. The lowest BCUT2D eigenvalue weighted by molar-refractivity contribution is 0.590. The molecule has 1 aliphatic rings. The number of benzene rings is 3. The minimum absolute atomic E-state index is 0.149. The molecule has 4 aromatic rings. The Morgan fingerprint density at radius 1 is 0.857 bits per heavy atom. The van der Waals surface area contributed by atoms with E-state index >= 15 is 0 Å². The number of anilines is 1. The molecule has 2 N–H and O–H groups in total. The quantitative estimate of drug-likeness (QED) is 0.560. The van der Waals surface area contributed by atoms with Crippen LogP contribution in [0.1, 0.15) is 0 Å². The van der Waals surface area contributed by atoms with Crippen LogP contribution in [0.4, 0.5) is 5.69 Å². The molecule has 3 aromatic carbocycles. The Morgan fingerprint density at radius 3 is 2.43 bits per heavy atom. The first kappa shape index (κ1) is 17.2. The fourth-order valence-electron chi connectivity index (χ4n) is 3.90. The number of hydrogen-bond donors (Lipinski definition) is 2. The molecule has 0 unspecified atom stereocenters. The van der Waals surface area contributed by atoms with Crippen molar-refractivity contribution in [2.45, 2.75) is 9.92 Å². The topological polar surface area (TPSA) is 78.1 Å². The smallest absolute Gasteiger partial charge is 0.224 e. The van der Waals surface area contributed by atoms with Crippen molar-refractivity contribution < 1.29 is 8.42 Å². The summed E-state index contributed by atoms with van der Waals surface area (Å²) in [5, 5.41) is 12.9. The van der Waals surface area contributed by atoms with Crippen LogP contribution in [0, 0.1) is 0 Å². The van der Waals surface area contributed by atoms with Crippen molar-refractivity contribution in [1.82, 2.24) is 15.5 Å². The van der Waals surface area contributed by atoms with Gasteiger partial charge in [0.15, 0.2) is 5.03 Å². The number of rotatable bonds is 3. The van der Waals surface area contributed by atoms with Crippen molar-refractivity contribution in [2.75, 3.05) is 31.1 Å². The maximum Gasteiger partial charge on any atom is 0.224 e. The van der Waals surface area contributed by atoms with Crippen molar-refractivity contribution in [3.8, 4) is 0 Å². The highest BCUT2D eigenvalue weighted by molar-refractivity contribution is 7.91. The van der Waals surface area contributed by atoms with E-state index in [2.05, 4.69) is 20.4 Å². The Labute approximate surface area is 163 Å². The molecular formula is C21H20N4O2S. The summed E-state index contributed by atoms with van der Waals surface area (Å²) >= 11 is 0. The molecule has 0 aliphatic carbocycles. The third-order valence-electron chi connectivity index (χ3n) is 5.29. The molecule has 0 amide bonds. The Kier molecular flexibility index (Phi) is 4.07. The van der Waals surface area contributed by atoms with E-state index in [0.717, 1.165) is 37.3 Å². The number of nitrogens with zero attached hydrogens (tertiary/aromatic N) is 2. The van der Waals surface area contributed by atoms with E-state index in [1.165, 1.54) is 0 Å². The summed E-state index contributed by atoms with van der Waals surface area (Å²) in [5.74, 6) is 0. The third-order valence-corrected chi connectivity index (χ3v) is 7.08. The summed E-state index contributed by atoms with van der Waals surface area (Å²) in [6.45, 7) is 3.55. The van der Waals surface area contributed by atoms with Crippen LogP contribution in [-0.2, 0) is 9.84 Å². The van der Waals surface area contributed by atoms with Crippen LogP contribution in [0.5, 0.6) is 0 Å². The number of aromatic nitrogens is 2. The van der Waals surface area contributed by atoms with Crippen LogP contribution in [0.3, 0.4) is 0 Å². The van der Waals surface area contributed by atoms with Gasteiger partial charge in [0.25, 0.3) is 0 Å². The summed E-state index contributed by atoms with van der Waals surface area (Å²) < 4.78 is 27.0.